The fraction of sp³-hybridized carbons (Fsp3) is 0. The van der Waals surface area contributed by atoms with Crippen molar-refractivity contribution in [2.75, 3.05) is 0 Å². The third-order valence-electron chi connectivity index (χ3n) is 8.70. The molecule has 0 unspecified atom stereocenters. The summed E-state index contributed by atoms with van der Waals surface area (Å²) < 4.78 is 0. The SMILES string of the molecule is c1ccc(-c2ccc(-c3ccc4ccc5ccc(-c6ccc7c8ccccc8c8ccccc8c7c6)nc5c4n3)cc2)nc1. The molecule has 0 radical (unpaired) electrons. The van der Waals surface area contributed by atoms with E-state index < -0.39 is 0 Å². The Morgan fingerprint density at radius 3 is 1.34 bits per heavy atom. The summed E-state index contributed by atoms with van der Waals surface area (Å²) in [6.45, 7) is 0. The van der Waals surface area contributed by atoms with Crippen molar-refractivity contribution in [2.24, 2.45) is 0 Å². The summed E-state index contributed by atoms with van der Waals surface area (Å²) in [5.41, 5.74) is 7.89. The van der Waals surface area contributed by atoms with Crippen molar-refractivity contribution in [1.29, 1.82) is 0 Å². The summed E-state index contributed by atoms with van der Waals surface area (Å²) in [7, 11) is 0. The van der Waals surface area contributed by atoms with E-state index >= 15 is 0 Å². The minimum atomic E-state index is 0.910. The topological polar surface area (TPSA) is 38.7 Å². The molecule has 3 nitrogen and oxygen atoms in total. The predicted octanol–water partition coefficient (Wildman–Crippen LogP) is 10.6. The molecule has 0 saturated carbocycles. The molecule has 0 saturated heterocycles. The Hall–Kier alpha value is -5.93. The Kier molecular flexibility index (Phi) is 5.50. The maximum atomic E-state index is 5.24. The molecule has 204 valence electrons. The molecule has 9 aromatic rings. The first-order valence-corrected chi connectivity index (χ1v) is 14.9. The van der Waals surface area contributed by atoms with Crippen molar-refractivity contribution >= 4 is 54.1 Å². The molecule has 0 atom stereocenters. The first-order chi connectivity index (χ1) is 21.8. The first kappa shape index (κ1) is 24.6. The zero-order valence-electron chi connectivity index (χ0n) is 23.8. The second-order valence-electron chi connectivity index (χ2n) is 11.2. The van der Waals surface area contributed by atoms with Gasteiger partial charge in [0.1, 0.15) is 0 Å². The van der Waals surface area contributed by atoms with Gasteiger partial charge in [0.05, 0.1) is 28.1 Å². The van der Waals surface area contributed by atoms with Crippen molar-refractivity contribution in [3.8, 4) is 33.8 Å². The molecular formula is C41H25N3. The smallest absolute Gasteiger partial charge is 0.0972 e. The van der Waals surface area contributed by atoms with Gasteiger partial charge >= 0.3 is 0 Å². The van der Waals surface area contributed by atoms with E-state index in [9.17, 15) is 0 Å². The van der Waals surface area contributed by atoms with E-state index in [0.717, 1.165) is 55.6 Å². The van der Waals surface area contributed by atoms with Crippen LogP contribution in [0, 0.1) is 0 Å². The van der Waals surface area contributed by atoms with Crippen LogP contribution in [-0.4, -0.2) is 15.0 Å². The molecule has 3 heterocycles. The number of hydrogen-bond donors (Lipinski definition) is 0. The maximum Gasteiger partial charge on any atom is 0.0972 e. The molecule has 0 fully saturated rings. The van der Waals surface area contributed by atoms with Crippen molar-refractivity contribution in [1.82, 2.24) is 15.0 Å². The highest BCUT2D eigenvalue weighted by Crippen LogP contribution is 2.37. The normalized spacial score (nSPS) is 11.6. The van der Waals surface area contributed by atoms with E-state index in [1.54, 1.807) is 0 Å². The number of fused-ring (bicyclic) bond motifs is 9. The van der Waals surface area contributed by atoms with E-state index in [0.29, 0.717) is 0 Å². The highest BCUT2D eigenvalue weighted by molar-refractivity contribution is 6.25. The minimum Gasteiger partial charge on any atom is -0.256 e. The monoisotopic (exact) mass is 559 g/mol. The Bertz CT molecular complexity index is 2500. The minimum absolute atomic E-state index is 0.910. The van der Waals surface area contributed by atoms with Crippen LogP contribution in [-0.2, 0) is 0 Å². The van der Waals surface area contributed by atoms with Gasteiger partial charge in [0.2, 0.25) is 0 Å². The maximum absolute atomic E-state index is 5.24. The summed E-state index contributed by atoms with van der Waals surface area (Å²) in [6.07, 6.45) is 1.82. The molecule has 3 heteroatoms. The van der Waals surface area contributed by atoms with Gasteiger partial charge in [0.15, 0.2) is 0 Å². The Morgan fingerprint density at radius 2 is 0.773 bits per heavy atom. The average molecular weight is 560 g/mol. The van der Waals surface area contributed by atoms with E-state index in [4.69, 9.17) is 9.97 Å². The van der Waals surface area contributed by atoms with Crippen LogP contribution in [0.15, 0.2) is 152 Å². The number of rotatable bonds is 3. The largest absolute Gasteiger partial charge is 0.256 e. The van der Waals surface area contributed by atoms with E-state index in [1.165, 1.54) is 32.3 Å². The Balaban J connectivity index is 1.19. The van der Waals surface area contributed by atoms with E-state index in [-0.39, 0.29) is 0 Å². The van der Waals surface area contributed by atoms with E-state index in [1.807, 2.05) is 24.4 Å². The zero-order chi connectivity index (χ0) is 29.0. The van der Waals surface area contributed by atoms with E-state index in [2.05, 4.69) is 132 Å². The molecule has 0 amide bonds. The number of hydrogen-bond acceptors (Lipinski definition) is 3. The van der Waals surface area contributed by atoms with Crippen molar-refractivity contribution in [2.45, 2.75) is 0 Å². The molecule has 0 bridgehead atoms. The lowest BCUT2D eigenvalue weighted by Gasteiger charge is -2.12. The Labute approximate surface area is 254 Å². The zero-order valence-corrected chi connectivity index (χ0v) is 23.8. The molecular weight excluding hydrogens is 534 g/mol. The van der Waals surface area contributed by atoms with Gasteiger partial charge in [-0.3, -0.25) is 4.98 Å². The van der Waals surface area contributed by atoms with Crippen LogP contribution in [0.4, 0.5) is 0 Å². The van der Waals surface area contributed by atoms with Crippen LogP contribution in [0.1, 0.15) is 0 Å². The summed E-state index contributed by atoms with van der Waals surface area (Å²) in [5, 5.41) is 9.74. The molecule has 44 heavy (non-hydrogen) atoms. The van der Waals surface area contributed by atoms with Gasteiger partial charge in [-0.25, -0.2) is 9.97 Å². The number of benzene rings is 6. The van der Waals surface area contributed by atoms with Crippen molar-refractivity contribution in [3.63, 3.8) is 0 Å². The van der Waals surface area contributed by atoms with Gasteiger partial charge in [0.25, 0.3) is 0 Å². The van der Waals surface area contributed by atoms with Gasteiger partial charge in [-0.05, 0) is 62.6 Å². The molecule has 0 aliphatic heterocycles. The lowest BCUT2D eigenvalue weighted by molar-refractivity contribution is 1.32. The summed E-state index contributed by atoms with van der Waals surface area (Å²) >= 11 is 0. The highest BCUT2D eigenvalue weighted by atomic mass is 14.8. The quantitative estimate of drug-likeness (QED) is 0.202. The Morgan fingerprint density at radius 1 is 0.318 bits per heavy atom. The molecule has 9 rings (SSSR count). The van der Waals surface area contributed by atoms with Crippen LogP contribution in [0.5, 0.6) is 0 Å². The lowest BCUT2D eigenvalue weighted by atomic mass is 9.93. The molecule has 0 aliphatic rings. The van der Waals surface area contributed by atoms with Gasteiger partial charge in [-0.15, -0.1) is 0 Å². The first-order valence-electron chi connectivity index (χ1n) is 14.9. The molecule has 0 aliphatic carbocycles. The van der Waals surface area contributed by atoms with Crippen molar-refractivity contribution in [3.05, 3.63) is 152 Å². The number of nitrogens with zero attached hydrogens (tertiary/aromatic N) is 3. The molecule has 6 aromatic carbocycles. The molecule has 0 N–H and O–H groups in total. The van der Waals surface area contributed by atoms with Gasteiger partial charge in [-0.2, -0.15) is 0 Å². The second kappa shape index (κ2) is 9.82. The predicted molar refractivity (Wildman–Crippen MR) is 184 cm³/mol. The highest BCUT2D eigenvalue weighted by Gasteiger charge is 2.12. The van der Waals surface area contributed by atoms with Crippen molar-refractivity contribution < 1.29 is 0 Å². The number of aromatic nitrogens is 3. The van der Waals surface area contributed by atoms with Crippen LogP contribution in [0.25, 0.3) is 87.9 Å². The second-order valence-corrected chi connectivity index (χ2v) is 11.2. The third kappa shape index (κ3) is 3.94. The standard InChI is InChI=1S/C41H25N3/c1-2-9-33-31(7-1)32-8-3-4-10-34(32)36-25-30(18-21-35(33)36)39-23-20-29-17-16-28-19-22-38(43-40(28)41(29)44-39)27-14-12-26(13-15-27)37-11-5-6-24-42-37/h1-25H. The fourth-order valence-electron chi connectivity index (χ4n) is 6.50. The third-order valence-corrected chi connectivity index (χ3v) is 8.70. The van der Waals surface area contributed by atoms with Crippen LogP contribution >= 0.6 is 0 Å². The van der Waals surface area contributed by atoms with Gasteiger partial charge in [0, 0.05) is 33.7 Å². The summed E-state index contributed by atoms with van der Waals surface area (Å²) in [6, 6.07) is 51.3. The summed E-state index contributed by atoms with van der Waals surface area (Å²) in [5.74, 6) is 0. The molecule has 3 aromatic heterocycles. The van der Waals surface area contributed by atoms with Crippen LogP contribution < -0.4 is 0 Å². The van der Waals surface area contributed by atoms with Crippen LogP contribution in [0.2, 0.25) is 0 Å². The van der Waals surface area contributed by atoms with Crippen LogP contribution in [0.3, 0.4) is 0 Å². The number of pyridine rings is 3. The fourth-order valence-corrected chi connectivity index (χ4v) is 6.50. The molecule has 0 spiro atoms. The van der Waals surface area contributed by atoms with Gasteiger partial charge < -0.3 is 0 Å². The summed E-state index contributed by atoms with van der Waals surface area (Å²) in [4.78, 5) is 14.9. The average Bonchev–Trinajstić information content (AvgIpc) is 3.11. The lowest BCUT2D eigenvalue weighted by Crippen LogP contribution is -1.91. The van der Waals surface area contributed by atoms with Gasteiger partial charge in [-0.1, -0.05) is 115 Å².